The summed E-state index contributed by atoms with van der Waals surface area (Å²) in [6, 6.07) is 12.9. The van der Waals surface area contributed by atoms with Gasteiger partial charge < -0.3 is 24.0 Å². The fourth-order valence-electron chi connectivity index (χ4n) is 3.43. The number of hydrogen-bond donors (Lipinski definition) is 0. The number of carbonyl (C=O) groups is 2. The average Bonchev–Trinajstić information content (AvgIpc) is 2.78. The SMILES string of the molecule is CCOc1ccccc1N1CCN(C(=O)COc2ccc(C(C)=O)cc2OC)CC1. The molecular formula is C23H28N2O5. The first-order chi connectivity index (χ1) is 14.5. The number of benzene rings is 2. The number of rotatable bonds is 8. The number of amides is 1. The molecule has 0 aliphatic carbocycles. The number of carbonyl (C=O) groups excluding carboxylic acids is 2. The second-order valence-corrected chi connectivity index (χ2v) is 6.98. The molecule has 7 heteroatoms. The van der Waals surface area contributed by atoms with E-state index in [2.05, 4.69) is 4.90 Å². The number of ketones is 1. The Hall–Kier alpha value is -3.22. The van der Waals surface area contributed by atoms with Gasteiger partial charge in [-0.2, -0.15) is 0 Å². The van der Waals surface area contributed by atoms with Gasteiger partial charge in [0.15, 0.2) is 23.9 Å². The predicted molar refractivity (Wildman–Crippen MR) is 115 cm³/mol. The molecule has 0 radical (unpaired) electrons. The van der Waals surface area contributed by atoms with Crippen LogP contribution in [0.1, 0.15) is 24.2 Å². The van der Waals surface area contributed by atoms with Crippen LogP contribution in [0.15, 0.2) is 42.5 Å². The maximum atomic E-state index is 12.6. The Morgan fingerprint density at radius 3 is 2.33 bits per heavy atom. The van der Waals surface area contributed by atoms with Gasteiger partial charge in [-0.05, 0) is 44.2 Å². The molecule has 2 aromatic carbocycles. The normalized spacial score (nSPS) is 13.7. The van der Waals surface area contributed by atoms with Crippen molar-refractivity contribution in [1.82, 2.24) is 4.90 Å². The molecule has 7 nitrogen and oxygen atoms in total. The van der Waals surface area contributed by atoms with Crippen LogP contribution >= 0.6 is 0 Å². The van der Waals surface area contributed by atoms with E-state index in [4.69, 9.17) is 14.2 Å². The topological polar surface area (TPSA) is 68.3 Å². The first-order valence-electron chi connectivity index (χ1n) is 10.1. The van der Waals surface area contributed by atoms with Crippen LogP contribution in [-0.4, -0.2) is 63.1 Å². The summed E-state index contributed by atoms with van der Waals surface area (Å²) < 4.78 is 16.7. The van der Waals surface area contributed by atoms with Crippen molar-refractivity contribution < 1.29 is 23.8 Å². The molecule has 1 aliphatic heterocycles. The van der Waals surface area contributed by atoms with E-state index in [0.717, 1.165) is 24.5 Å². The number of nitrogens with zero attached hydrogens (tertiary/aromatic N) is 2. The minimum absolute atomic E-state index is 0.0558. The third-order valence-corrected chi connectivity index (χ3v) is 5.06. The molecule has 0 spiro atoms. The van der Waals surface area contributed by atoms with Crippen molar-refractivity contribution in [3.63, 3.8) is 0 Å². The van der Waals surface area contributed by atoms with Crippen LogP contribution in [0.5, 0.6) is 17.2 Å². The first kappa shape index (κ1) is 21.5. The summed E-state index contributed by atoms with van der Waals surface area (Å²) in [5.41, 5.74) is 1.59. The number of hydrogen-bond acceptors (Lipinski definition) is 6. The van der Waals surface area contributed by atoms with Gasteiger partial charge in [-0.1, -0.05) is 12.1 Å². The molecule has 0 N–H and O–H groups in total. The van der Waals surface area contributed by atoms with Gasteiger partial charge >= 0.3 is 0 Å². The van der Waals surface area contributed by atoms with E-state index in [1.54, 1.807) is 23.1 Å². The quantitative estimate of drug-likeness (QED) is 0.621. The van der Waals surface area contributed by atoms with Gasteiger partial charge in [-0.25, -0.2) is 0 Å². The number of piperazine rings is 1. The fraction of sp³-hybridized carbons (Fsp3) is 0.391. The van der Waals surface area contributed by atoms with E-state index in [-0.39, 0.29) is 18.3 Å². The standard InChI is InChI=1S/C23H28N2O5/c1-4-29-20-8-6-5-7-19(20)24-11-13-25(14-12-24)23(27)16-30-21-10-9-18(17(2)26)15-22(21)28-3/h5-10,15H,4,11-14,16H2,1-3H3. The van der Waals surface area contributed by atoms with Crippen molar-refractivity contribution in [3.8, 4) is 17.2 Å². The van der Waals surface area contributed by atoms with Crippen LogP contribution in [0.2, 0.25) is 0 Å². The number of Topliss-reactive ketones (excluding diaryl/α,β-unsaturated/α-hetero) is 1. The summed E-state index contributed by atoms with van der Waals surface area (Å²) in [7, 11) is 1.51. The summed E-state index contributed by atoms with van der Waals surface area (Å²) in [5.74, 6) is 1.61. The molecule has 1 saturated heterocycles. The second-order valence-electron chi connectivity index (χ2n) is 6.98. The van der Waals surface area contributed by atoms with Gasteiger partial charge in [0, 0.05) is 31.7 Å². The Morgan fingerprint density at radius 1 is 0.933 bits per heavy atom. The number of para-hydroxylation sites is 2. The van der Waals surface area contributed by atoms with E-state index in [1.807, 2.05) is 31.2 Å². The van der Waals surface area contributed by atoms with Crippen molar-refractivity contribution in [2.45, 2.75) is 13.8 Å². The Balaban J connectivity index is 1.56. The molecule has 160 valence electrons. The zero-order valence-corrected chi connectivity index (χ0v) is 17.7. The third kappa shape index (κ3) is 5.03. The number of ether oxygens (including phenoxy) is 3. The van der Waals surface area contributed by atoms with Gasteiger partial charge in [0.25, 0.3) is 5.91 Å². The van der Waals surface area contributed by atoms with Crippen molar-refractivity contribution in [2.24, 2.45) is 0 Å². The predicted octanol–water partition coefficient (Wildman–Crippen LogP) is 3.02. The molecule has 30 heavy (non-hydrogen) atoms. The van der Waals surface area contributed by atoms with E-state index >= 15 is 0 Å². The van der Waals surface area contributed by atoms with Crippen LogP contribution in [-0.2, 0) is 4.79 Å². The van der Waals surface area contributed by atoms with E-state index in [1.165, 1.54) is 14.0 Å². The Morgan fingerprint density at radius 2 is 1.67 bits per heavy atom. The van der Waals surface area contributed by atoms with Crippen molar-refractivity contribution in [2.75, 3.05) is 51.4 Å². The smallest absolute Gasteiger partial charge is 0.260 e. The molecule has 1 fully saturated rings. The molecule has 0 bridgehead atoms. The van der Waals surface area contributed by atoms with Crippen LogP contribution in [0, 0.1) is 0 Å². The molecule has 0 aromatic heterocycles. The van der Waals surface area contributed by atoms with Crippen molar-refractivity contribution >= 4 is 17.4 Å². The second kappa shape index (κ2) is 10.0. The highest BCUT2D eigenvalue weighted by atomic mass is 16.5. The average molecular weight is 412 g/mol. The van der Waals surface area contributed by atoms with Crippen LogP contribution in [0.25, 0.3) is 0 Å². The van der Waals surface area contributed by atoms with E-state index < -0.39 is 0 Å². The minimum atomic E-state index is -0.0783. The Kier molecular flexibility index (Phi) is 7.17. The summed E-state index contributed by atoms with van der Waals surface area (Å²) in [5, 5.41) is 0. The highest BCUT2D eigenvalue weighted by Gasteiger charge is 2.23. The van der Waals surface area contributed by atoms with Crippen molar-refractivity contribution in [3.05, 3.63) is 48.0 Å². The lowest BCUT2D eigenvalue weighted by Gasteiger charge is -2.36. The third-order valence-electron chi connectivity index (χ3n) is 5.06. The van der Waals surface area contributed by atoms with Crippen molar-refractivity contribution in [1.29, 1.82) is 0 Å². The Bertz CT molecular complexity index is 891. The van der Waals surface area contributed by atoms with Gasteiger partial charge in [0.05, 0.1) is 19.4 Å². The van der Waals surface area contributed by atoms with Crippen LogP contribution < -0.4 is 19.1 Å². The lowest BCUT2D eigenvalue weighted by Crippen LogP contribution is -2.50. The fourth-order valence-corrected chi connectivity index (χ4v) is 3.43. The molecule has 0 saturated carbocycles. The van der Waals surface area contributed by atoms with Gasteiger partial charge in [0.1, 0.15) is 5.75 Å². The molecule has 3 rings (SSSR count). The maximum Gasteiger partial charge on any atom is 0.260 e. The highest BCUT2D eigenvalue weighted by Crippen LogP contribution is 2.30. The minimum Gasteiger partial charge on any atom is -0.493 e. The first-order valence-corrected chi connectivity index (χ1v) is 10.1. The molecule has 0 atom stereocenters. The summed E-state index contributed by atoms with van der Waals surface area (Å²) in [6.45, 7) is 6.68. The lowest BCUT2D eigenvalue weighted by molar-refractivity contribution is -0.133. The van der Waals surface area contributed by atoms with Gasteiger partial charge in [-0.3, -0.25) is 9.59 Å². The molecular weight excluding hydrogens is 384 g/mol. The number of methoxy groups -OCH3 is 1. The molecule has 1 amide bonds. The largest absolute Gasteiger partial charge is 0.493 e. The van der Waals surface area contributed by atoms with E-state index in [0.29, 0.717) is 36.8 Å². The lowest BCUT2D eigenvalue weighted by atomic mass is 10.1. The highest BCUT2D eigenvalue weighted by molar-refractivity contribution is 5.94. The van der Waals surface area contributed by atoms with Crippen LogP contribution in [0.4, 0.5) is 5.69 Å². The maximum absolute atomic E-state index is 12.6. The summed E-state index contributed by atoms with van der Waals surface area (Å²) in [4.78, 5) is 28.2. The molecule has 0 unspecified atom stereocenters. The summed E-state index contributed by atoms with van der Waals surface area (Å²) >= 11 is 0. The summed E-state index contributed by atoms with van der Waals surface area (Å²) in [6.07, 6.45) is 0. The Labute approximate surface area is 177 Å². The van der Waals surface area contributed by atoms with Gasteiger partial charge in [0.2, 0.25) is 0 Å². The molecule has 1 heterocycles. The molecule has 2 aromatic rings. The molecule has 1 aliphatic rings. The number of anilines is 1. The van der Waals surface area contributed by atoms with Gasteiger partial charge in [-0.15, -0.1) is 0 Å². The monoisotopic (exact) mass is 412 g/mol. The van der Waals surface area contributed by atoms with Crippen LogP contribution in [0.3, 0.4) is 0 Å². The zero-order valence-electron chi connectivity index (χ0n) is 17.7. The zero-order chi connectivity index (χ0) is 21.5. The van der Waals surface area contributed by atoms with E-state index in [9.17, 15) is 9.59 Å².